The topological polar surface area (TPSA) is 111 Å². The number of phosphoric ester groups is 1. The standard InChI is InChI=1S/C57H51ClF4NO10P/c1-66-49-30-28-45(58)32-47(49)56(59)46-29-27-44(57(60,61)62)31-48(46)63(55(56)64)54-53(73-74(65,70-36-42-23-13-5-14-24-42)71-37-43-25-15-6-16-26-43)52(69-35-41-21-11-4-12-22-41)51(68-34-40-19-9-3-10-20-40)50(72-54)38-67-33-39-17-7-2-8-18-39/h2-32,50-54H,33-38H2,1H3. The van der Waals surface area contributed by atoms with Crippen molar-refractivity contribution in [1.82, 2.24) is 0 Å². The van der Waals surface area contributed by atoms with Crippen molar-refractivity contribution in [2.45, 2.75) is 75.5 Å². The zero-order valence-electron chi connectivity index (χ0n) is 39.9. The predicted molar refractivity (Wildman–Crippen MR) is 269 cm³/mol. The molecule has 0 spiro atoms. The number of carbonyl (C=O) groups excluding carboxylic acids is 1. The summed E-state index contributed by atoms with van der Waals surface area (Å²) in [5.74, 6) is -1.54. The fourth-order valence-electron chi connectivity index (χ4n) is 8.90. The molecule has 1 amide bonds. The largest absolute Gasteiger partial charge is 0.496 e. The Morgan fingerprint density at radius 3 is 1.59 bits per heavy atom. The van der Waals surface area contributed by atoms with E-state index in [1.165, 1.54) is 25.3 Å². The number of rotatable bonds is 21. The summed E-state index contributed by atoms with van der Waals surface area (Å²) in [7, 11) is -3.71. The van der Waals surface area contributed by atoms with Crippen LogP contribution in [0.1, 0.15) is 44.5 Å². The van der Waals surface area contributed by atoms with Crippen molar-refractivity contribution in [3.63, 3.8) is 0 Å². The Hall–Kier alpha value is -6.23. The Kier molecular flexibility index (Phi) is 16.7. The summed E-state index contributed by atoms with van der Waals surface area (Å²) >= 11 is 6.47. The number of anilines is 1. The molecule has 2 aliphatic heterocycles. The van der Waals surface area contributed by atoms with E-state index in [4.69, 9.17) is 48.9 Å². The maximum Gasteiger partial charge on any atom is 0.475 e. The predicted octanol–water partition coefficient (Wildman–Crippen LogP) is 13.0. The number of alkyl halides is 4. The molecular weight excluding hydrogens is 1000 g/mol. The van der Waals surface area contributed by atoms with E-state index in [2.05, 4.69) is 0 Å². The van der Waals surface area contributed by atoms with Crippen molar-refractivity contribution >= 4 is 31.0 Å². The van der Waals surface area contributed by atoms with Gasteiger partial charge in [-0.05, 0) is 58.1 Å². The van der Waals surface area contributed by atoms with Gasteiger partial charge in [-0.15, -0.1) is 0 Å². The average Bonchev–Trinajstić information content (AvgIpc) is 3.67. The van der Waals surface area contributed by atoms with Crippen LogP contribution < -0.4 is 9.64 Å². The Morgan fingerprint density at radius 1 is 0.608 bits per heavy atom. The molecule has 0 N–H and O–H groups in total. The van der Waals surface area contributed by atoms with Crippen LogP contribution in [0, 0.1) is 0 Å². The molecule has 6 unspecified atom stereocenters. The lowest BCUT2D eigenvalue weighted by molar-refractivity contribution is -0.257. The van der Waals surface area contributed by atoms with Crippen LogP contribution >= 0.6 is 19.4 Å². The van der Waals surface area contributed by atoms with Gasteiger partial charge in [0.25, 0.3) is 5.91 Å². The SMILES string of the molecule is COc1ccc(Cl)cc1C1(F)C(=O)N(C2OC(COCc3ccccc3)C(OCc3ccccc3)C(OCc3ccccc3)C2OP(=O)(OCc2ccccc2)OCc2ccccc2)c2cc(C(F)(F)F)ccc21. The van der Waals surface area contributed by atoms with Gasteiger partial charge >= 0.3 is 14.0 Å². The zero-order chi connectivity index (χ0) is 51.7. The number of hydrogen-bond donors (Lipinski definition) is 0. The normalized spacial score (nSPS) is 20.9. The molecule has 7 aromatic carbocycles. The summed E-state index contributed by atoms with van der Waals surface area (Å²) in [5, 5.41) is 0.00291. The van der Waals surface area contributed by atoms with Crippen LogP contribution in [0.15, 0.2) is 188 Å². The number of phosphoric acid groups is 1. The molecule has 17 heteroatoms. The lowest BCUT2D eigenvalue weighted by atomic mass is 9.88. The quantitative estimate of drug-likeness (QED) is 0.0509. The molecule has 0 radical (unpaired) electrons. The fraction of sp³-hybridized carbons (Fsp3) is 0.246. The number of ether oxygens (including phenoxy) is 5. The molecule has 1 saturated heterocycles. The van der Waals surface area contributed by atoms with Crippen molar-refractivity contribution in [3.8, 4) is 5.75 Å². The van der Waals surface area contributed by atoms with Gasteiger partial charge in [0.05, 0.1) is 58.0 Å². The van der Waals surface area contributed by atoms with Gasteiger partial charge in [-0.3, -0.25) is 23.3 Å². The van der Waals surface area contributed by atoms with Crippen molar-refractivity contribution in [2.75, 3.05) is 18.6 Å². The molecule has 0 aromatic heterocycles. The molecule has 0 bridgehead atoms. The number of fused-ring (bicyclic) bond motifs is 1. The maximum absolute atomic E-state index is 18.8. The molecular formula is C57H51ClF4NO10P. The molecule has 0 saturated carbocycles. The minimum Gasteiger partial charge on any atom is -0.496 e. The summed E-state index contributed by atoms with van der Waals surface area (Å²) in [6.45, 7) is -1.00. The lowest BCUT2D eigenvalue weighted by Gasteiger charge is -2.48. The van der Waals surface area contributed by atoms with Crippen LogP contribution in [0.2, 0.25) is 5.02 Å². The number of carbonyl (C=O) groups is 1. The van der Waals surface area contributed by atoms with Gasteiger partial charge in [-0.2, -0.15) is 13.2 Å². The monoisotopic (exact) mass is 1050 g/mol. The van der Waals surface area contributed by atoms with Crippen LogP contribution in [-0.4, -0.2) is 50.3 Å². The highest BCUT2D eigenvalue weighted by atomic mass is 35.5. The summed E-state index contributed by atoms with van der Waals surface area (Å²) in [4.78, 5) is 16.4. The van der Waals surface area contributed by atoms with Crippen molar-refractivity contribution in [3.05, 3.63) is 238 Å². The Bertz CT molecular complexity index is 2960. The molecule has 384 valence electrons. The van der Waals surface area contributed by atoms with E-state index in [1.54, 1.807) is 84.9 Å². The molecule has 74 heavy (non-hydrogen) atoms. The van der Waals surface area contributed by atoms with Crippen LogP contribution in [0.25, 0.3) is 0 Å². The van der Waals surface area contributed by atoms with Gasteiger partial charge in [0.15, 0.2) is 6.23 Å². The van der Waals surface area contributed by atoms with Crippen molar-refractivity contribution in [2.24, 2.45) is 0 Å². The van der Waals surface area contributed by atoms with E-state index in [0.717, 1.165) is 22.1 Å². The van der Waals surface area contributed by atoms with E-state index in [9.17, 15) is 13.2 Å². The number of amides is 1. The maximum atomic E-state index is 18.8. The second kappa shape index (κ2) is 23.5. The summed E-state index contributed by atoms with van der Waals surface area (Å²) in [6, 6.07) is 51.1. The van der Waals surface area contributed by atoms with Gasteiger partial charge in [0.1, 0.15) is 30.2 Å². The van der Waals surface area contributed by atoms with Crippen molar-refractivity contribution in [1.29, 1.82) is 0 Å². The van der Waals surface area contributed by atoms with E-state index in [1.807, 2.05) is 66.7 Å². The first-order chi connectivity index (χ1) is 35.8. The van der Waals surface area contributed by atoms with Crippen LogP contribution in [0.5, 0.6) is 5.75 Å². The minimum absolute atomic E-state index is 0.00291. The van der Waals surface area contributed by atoms with E-state index >= 15 is 13.8 Å². The number of benzene rings is 7. The molecule has 1 fully saturated rings. The molecule has 7 aromatic rings. The third-order valence-electron chi connectivity index (χ3n) is 12.5. The van der Waals surface area contributed by atoms with Crippen LogP contribution in [0.4, 0.5) is 23.2 Å². The Morgan fingerprint density at radius 2 is 1.09 bits per heavy atom. The molecule has 2 heterocycles. The van der Waals surface area contributed by atoms with Gasteiger partial charge in [-0.25, -0.2) is 8.96 Å². The van der Waals surface area contributed by atoms with Crippen molar-refractivity contribution < 1.29 is 64.2 Å². The first-order valence-electron chi connectivity index (χ1n) is 23.6. The third kappa shape index (κ3) is 12.1. The van der Waals surface area contributed by atoms with Gasteiger partial charge in [-0.1, -0.05) is 169 Å². The minimum atomic E-state index is -4.97. The molecule has 2 aliphatic rings. The first-order valence-corrected chi connectivity index (χ1v) is 25.5. The highest BCUT2D eigenvalue weighted by Crippen LogP contribution is 2.57. The van der Waals surface area contributed by atoms with Crippen LogP contribution in [-0.2, 0) is 86.8 Å². The van der Waals surface area contributed by atoms with Gasteiger partial charge in [0.2, 0.25) is 5.67 Å². The first kappa shape index (κ1) is 52.6. The number of halogens is 5. The van der Waals surface area contributed by atoms with E-state index in [0.29, 0.717) is 28.8 Å². The molecule has 6 atom stereocenters. The zero-order valence-corrected chi connectivity index (χ0v) is 41.5. The fourth-order valence-corrected chi connectivity index (χ4v) is 10.4. The highest BCUT2D eigenvalue weighted by Gasteiger charge is 2.62. The molecule has 9 rings (SSSR count). The second-order valence-corrected chi connectivity index (χ2v) is 19.6. The Labute approximate surface area is 431 Å². The smallest absolute Gasteiger partial charge is 0.475 e. The summed E-state index contributed by atoms with van der Waals surface area (Å²) in [6.07, 6.45) is -12.8. The lowest BCUT2D eigenvalue weighted by Crippen LogP contribution is -2.66. The molecule has 0 aliphatic carbocycles. The second-order valence-electron chi connectivity index (χ2n) is 17.5. The number of hydrogen-bond acceptors (Lipinski definition) is 10. The Balaban J connectivity index is 1.23. The van der Waals surface area contributed by atoms with Gasteiger partial charge < -0.3 is 23.7 Å². The summed E-state index contributed by atoms with van der Waals surface area (Å²) < 4.78 is 131. The van der Waals surface area contributed by atoms with Gasteiger partial charge in [0, 0.05) is 16.1 Å². The number of methoxy groups -OCH3 is 1. The molecule has 11 nitrogen and oxygen atoms in total. The highest BCUT2D eigenvalue weighted by molar-refractivity contribution is 7.48. The van der Waals surface area contributed by atoms with E-state index in [-0.39, 0.29) is 50.4 Å². The van der Waals surface area contributed by atoms with E-state index < -0.39 is 78.6 Å². The average molecular weight is 1050 g/mol. The third-order valence-corrected chi connectivity index (χ3v) is 14.2. The van der Waals surface area contributed by atoms with Crippen LogP contribution in [0.3, 0.4) is 0 Å². The summed E-state index contributed by atoms with van der Waals surface area (Å²) in [5.41, 5.74) is -2.56. The number of nitrogens with zero attached hydrogens (tertiary/aromatic N) is 1.